The van der Waals surface area contributed by atoms with Crippen molar-refractivity contribution in [2.45, 2.75) is 25.9 Å². The maximum absolute atomic E-state index is 10.2. The molecule has 0 bridgehead atoms. The minimum Gasteiger partial charge on any atom is -0.388 e. The van der Waals surface area contributed by atoms with Gasteiger partial charge in [0.05, 0.1) is 16.1 Å². The Hall–Kier alpha value is -1.09. The van der Waals surface area contributed by atoms with Crippen molar-refractivity contribution in [1.82, 2.24) is 4.98 Å². The van der Waals surface area contributed by atoms with Crippen molar-refractivity contribution in [1.29, 1.82) is 0 Å². The highest BCUT2D eigenvalue weighted by atomic mass is 35.5. The van der Waals surface area contributed by atoms with E-state index >= 15 is 0 Å². The highest BCUT2D eigenvalue weighted by molar-refractivity contribution is 6.42. The summed E-state index contributed by atoms with van der Waals surface area (Å²) in [6, 6.07) is 9.13. The summed E-state index contributed by atoms with van der Waals surface area (Å²) in [7, 11) is 0. The average molecular weight is 296 g/mol. The molecule has 2 rings (SSSR count). The zero-order valence-corrected chi connectivity index (χ0v) is 12.1. The first-order chi connectivity index (χ1) is 9.10. The number of aliphatic hydroxyl groups is 1. The maximum atomic E-state index is 10.2. The molecule has 4 heteroatoms. The van der Waals surface area contributed by atoms with Crippen molar-refractivity contribution < 1.29 is 5.11 Å². The van der Waals surface area contributed by atoms with E-state index in [9.17, 15) is 5.11 Å². The smallest absolute Gasteiger partial charge is 0.0846 e. The monoisotopic (exact) mass is 295 g/mol. The number of rotatable bonds is 4. The summed E-state index contributed by atoms with van der Waals surface area (Å²) in [4.78, 5) is 4.34. The quantitative estimate of drug-likeness (QED) is 0.916. The molecule has 0 fully saturated rings. The van der Waals surface area contributed by atoms with Crippen LogP contribution in [0.15, 0.2) is 36.5 Å². The van der Waals surface area contributed by atoms with Crippen molar-refractivity contribution in [3.63, 3.8) is 0 Å². The molecule has 2 aromatic rings. The molecular weight excluding hydrogens is 281 g/mol. The number of aryl methyl sites for hydroxylation is 1. The van der Waals surface area contributed by atoms with Gasteiger partial charge in [0.15, 0.2) is 0 Å². The molecule has 0 aliphatic rings. The van der Waals surface area contributed by atoms with Gasteiger partial charge in [-0.1, -0.05) is 42.3 Å². The average Bonchev–Trinajstić information content (AvgIpc) is 2.42. The molecule has 0 saturated heterocycles. The van der Waals surface area contributed by atoms with Gasteiger partial charge in [-0.2, -0.15) is 0 Å². The number of benzene rings is 1. The fourth-order valence-electron chi connectivity index (χ4n) is 1.82. The van der Waals surface area contributed by atoms with Crippen molar-refractivity contribution in [2.24, 2.45) is 0 Å². The van der Waals surface area contributed by atoms with E-state index in [4.69, 9.17) is 23.2 Å². The Morgan fingerprint density at radius 1 is 1.16 bits per heavy atom. The predicted molar refractivity (Wildman–Crippen MR) is 78.7 cm³/mol. The Balaban J connectivity index is 2.10. The Morgan fingerprint density at radius 2 is 1.95 bits per heavy atom. The summed E-state index contributed by atoms with van der Waals surface area (Å²) in [5, 5.41) is 11.1. The number of hydrogen-bond acceptors (Lipinski definition) is 2. The van der Waals surface area contributed by atoms with E-state index in [-0.39, 0.29) is 0 Å². The van der Waals surface area contributed by atoms with Crippen molar-refractivity contribution in [2.75, 3.05) is 0 Å². The second-order valence-electron chi connectivity index (χ2n) is 4.40. The fraction of sp³-hybridized carbons (Fsp3) is 0.267. The van der Waals surface area contributed by atoms with Gasteiger partial charge in [-0.3, -0.25) is 4.98 Å². The number of aromatic nitrogens is 1. The molecule has 1 unspecified atom stereocenters. The van der Waals surface area contributed by atoms with Crippen LogP contribution in [0.4, 0.5) is 0 Å². The zero-order valence-electron chi connectivity index (χ0n) is 10.6. The van der Waals surface area contributed by atoms with Crippen molar-refractivity contribution in [3.05, 3.63) is 63.4 Å². The lowest BCUT2D eigenvalue weighted by molar-refractivity contribution is 0.177. The summed E-state index contributed by atoms with van der Waals surface area (Å²) in [5.41, 5.74) is 2.79. The van der Waals surface area contributed by atoms with E-state index in [1.54, 1.807) is 18.2 Å². The molecule has 0 radical (unpaired) electrons. The molecule has 0 amide bonds. The van der Waals surface area contributed by atoms with Crippen LogP contribution in [-0.2, 0) is 12.8 Å². The lowest BCUT2D eigenvalue weighted by atomic mass is 10.0. The summed E-state index contributed by atoms with van der Waals surface area (Å²) in [5.74, 6) is 0. The molecule has 0 aliphatic heterocycles. The minimum absolute atomic E-state index is 0.451. The molecule has 0 aliphatic carbocycles. The van der Waals surface area contributed by atoms with Crippen LogP contribution in [0, 0.1) is 0 Å². The van der Waals surface area contributed by atoms with Gasteiger partial charge in [-0.05, 0) is 35.7 Å². The molecular formula is C15H15Cl2NO. The Bertz CT molecular complexity index is 555. The minimum atomic E-state index is -0.630. The lowest BCUT2D eigenvalue weighted by Crippen LogP contribution is -2.03. The number of pyridine rings is 1. The third-order valence-corrected chi connectivity index (χ3v) is 3.76. The molecule has 1 aromatic heterocycles. The van der Waals surface area contributed by atoms with Gasteiger partial charge in [0.1, 0.15) is 0 Å². The van der Waals surface area contributed by atoms with Crippen LogP contribution in [0.2, 0.25) is 10.0 Å². The SMILES string of the molecule is CCc1ccc(CC(O)c2ccc(Cl)c(Cl)c2)nc1. The molecule has 2 nitrogen and oxygen atoms in total. The zero-order chi connectivity index (χ0) is 13.8. The van der Waals surface area contributed by atoms with Gasteiger partial charge in [0.25, 0.3) is 0 Å². The second-order valence-corrected chi connectivity index (χ2v) is 5.22. The van der Waals surface area contributed by atoms with Gasteiger partial charge in [-0.15, -0.1) is 0 Å². The normalized spacial score (nSPS) is 12.4. The third-order valence-electron chi connectivity index (χ3n) is 3.03. The van der Waals surface area contributed by atoms with E-state index in [1.807, 2.05) is 18.3 Å². The first-order valence-corrected chi connectivity index (χ1v) is 6.92. The molecule has 19 heavy (non-hydrogen) atoms. The van der Waals surface area contributed by atoms with Gasteiger partial charge < -0.3 is 5.11 Å². The van der Waals surface area contributed by atoms with Crippen LogP contribution >= 0.6 is 23.2 Å². The number of nitrogens with zero attached hydrogens (tertiary/aromatic N) is 1. The number of halogens is 2. The predicted octanol–water partition coefficient (Wildman–Crippen LogP) is 4.23. The molecule has 1 atom stereocenters. The molecule has 1 heterocycles. The molecule has 0 spiro atoms. The van der Waals surface area contributed by atoms with Gasteiger partial charge in [0, 0.05) is 18.3 Å². The molecule has 0 saturated carbocycles. The number of hydrogen-bond donors (Lipinski definition) is 1. The molecule has 100 valence electrons. The summed E-state index contributed by atoms with van der Waals surface area (Å²) >= 11 is 11.8. The van der Waals surface area contributed by atoms with Crippen LogP contribution in [0.1, 0.15) is 29.8 Å². The van der Waals surface area contributed by atoms with E-state index in [2.05, 4.69) is 11.9 Å². The van der Waals surface area contributed by atoms with Gasteiger partial charge in [-0.25, -0.2) is 0 Å². The Morgan fingerprint density at radius 3 is 2.53 bits per heavy atom. The van der Waals surface area contributed by atoms with Crippen molar-refractivity contribution >= 4 is 23.2 Å². The van der Waals surface area contributed by atoms with Crippen LogP contribution in [0.5, 0.6) is 0 Å². The standard InChI is InChI=1S/C15H15Cl2NO/c1-2-10-3-5-12(18-9-10)8-15(19)11-4-6-13(16)14(17)7-11/h3-7,9,15,19H,2,8H2,1H3. The second kappa shape index (κ2) is 6.38. The van der Waals surface area contributed by atoms with Gasteiger partial charge in [0.2, 0.25) is 0 Å². The van der Waals surface area contributed by atoms with Crippen LogP contribution in [-0.4, -0.2) is 10.1 Å². The van der Waals surface area contributed by atoms with E-state index in [0.717, 1.165) is 17.7 Å². The first kappa shape index (κ1) is 14.3. The maximum Gasteiger partial charge on any atom is 0.0846 e. The fourth-order valence-corrected chi connectivity index (χ4v) is 2.13. The van der Waals surface area contributed by atoms with E-state index in [0.29, 0.717) is 16.5 Å². The Kier molecular flexibility index (Phi) is 4.81. The van der Waals surface area contributed by atoms with E-state index < -0.39 is 6.10 Å². The highest BCUT2D eigenvalue weighted by Crippen LogP contribution is 2.26. The topological polar surface area (TPSA) is 33.1 Å². The summed E-state index contributed by atoms with van der Waals surface area (Å²) in [6.45, 7) is 2.08. The van der Waals surface area contributed by atoms with Crippen LogP contribution < -0.4 is 0 Å². The molecule has 1 N–H and O–H groups in total. The summed E-state index contributed by atoms with van der Waals surface area (Å²) in [6.07, 6.45) is 2.64. The highest BCUT2D eigenvalue weighted by Gasteiger charge is 2.11. The molecule has 1 aromatic carbocycles. The van der Waals surface area contributed by atoms with Crippen LogP contribution in [0.25, 0.3) is 0 Å². The number of aliphatic hydroxyl groups excluding tert-OH is 1. The Labute approximate surface area is 123 Å². The van der Waals surface area contributed by atoms with Crippen LogP contribution in [0.3, 0.4) is 0 Å². The van der Waals surface area contributed by atoms with E-state index in [1.165, 1.54) is 5.56 Å². The summed E-state index contributed by atoms with van der Waals surface area (Å²) < 4.78 is 0. The largest absolute Gasteiger partial charge is 0.388 e. The van der Waals surface area contributed by atoms with Crippen molar-refractivity contribution in [3.8, 4) is 0 Å². The third kappa shape index (κ3) is 3.69. The van der Waals surface area contributed by atoms with Gasteiger partial charge >= 0.3 is 0 Å². The lowest BCUT2D eigenvalue weighted by Gasteiger charge is -2.11. The first-order valence-electron chi connectivity index (χ1n) is 6.17.